The van der Waals surface area contributed by atoms with E-state index in [1.807, 2.05) is 25.1 Å². The van der Waals surface area contributed by atoms with Crippen molar-refractivity contribution < 1.29 is 14.1 Å². The highest BCUT2D eigenvalue weighted by Gasteiger charge is 2.13. The van der Waals surface area contributed by atoms with Crippen LogP contribution in [0.2, 0.25) is 5.02 Å². The third kappa shape index (κ3) is 4.16. The molecule has 1 aromatic heterocycles. The molecule has 0 unspecified atom stereocenters. The van der Waals surface area contributed by atoms with E-state index in [-0.39, 0.29) is 12.3 Å². The van der Waals surface area contributed by atoms with E-state index in [0.29, 0.717) is 22.4 Å². The van der Waals surface area contributed by atoms with Gasteiger partial charge in [0.1, 0.15) is 5.75 Å². The molecule has 1 amide bonds. The van der Waals surface area contributed by atoms with Crippen LogP contribution < -0.4 is 10.1 Å². The topological polar surface area (TPSA) is 77.2 Å². The zero-order valence-corrected chi connectivity index (χ0v) is 14.5. The van der Waals surface area contributed by atoms with E-state index in [1.165, 1.54) is 0 Å². The summed E-state index contributed by atoms with van der Waals surface area (Å²) in [5.41, 5.74) is 2.34. The molecule has 0 atom stereocenters. The van der Waals surface area contributed by atoms with Crippen molar-refractivity contribution in [3.63, 3.8) is 0 Å². The summed E-state index contributed by atoms with van der Waals surface area (Å²) < 4.78 is 10.3. The predicted octanol–water partition coefficient (Wildman–Crippen LogP) is 3.89. The highest BCUT2D eigenvalue weighted by Crippen LogP contribution is 2.22. The Morgan fingerprint density at radius 1 is 1.24 bits per heavy atom. The van der Waals surface area contributed by atoms with Gasteiger partial charge in [-0.15, -0.1) is 0 Å². The maximum Gasteiger partial charge on any atom is 0.257 e. The van der Waals surface area contributed by atoms with Gasteiger partial charge in [0.05, 0.1) is 13.5 Å². The summed E-state index contributed by atoms with van der Waals surface area (Å²) in [6, 6.07) is 12.5. The molecule has 0 radical (unpaired) electrons. The number of halogens is 1. The van der Waals surface area contributed by atoms with Crippen molar-refractivity contribution in [1.29, 1.82) is 0 Å². The molecule has 0 aliphatic rings. The van der Waals surface area contributed by atoms with Crippen molar-refractivity contribution in [3.05, 3.63) is 58.9 Å². The highest BCUT2D eigenvalue weighted by molar-refractivity contribution is 6.31. The lowest BCUT2D eigenvalue weighted by Crippen LogP contribution is -2.15. The van der Waals surface area contributed by atoms with Crippen molar-refractivity contribution in [1.82, 2.24) is 10.1 Å². The molecule has 0 aliphatic heterocycles. The van der Waals surface area contributed by atoms with E-state index in [1.54, 1.807) is 31.4 Å². The van der Waals surface area contributed by atoms with E-state index in [0.717, 1.165) is 16.9 Å². The molecule has 128 valence electrons. The van der Waals surface area contributed by atoms with Crippen LogP contribution >= 0.6 is 11.6 Å². The van der Waals surface area contributed by atoms with Crippen LogP contribution in [0.25, 0.3) is 11.5 Å². The van der Waals surface area contributed by atoms with Crippen molar-refractivity contribution >= 4 is 23.2 Å². The molecule has 0 bridgehead atoms. The zero-order valence-electron chi connectivity index (χ0n) is 13.7. The number of aryl methyl sites for hydroxylation is 1. The number of methoxy groups -OCH3 is 1. The van der Waals surface area contributed by atoms with Gasteiger partial charge in [-0.3, -0.25) is 4.79 Å². The number of anilines is 1. The Labute approximate surface area is 149 Å². The van der Waals surface area contributed by atoms with Gasteiger partial charge in [0.2, 0.25) is 5.91 Å². The van der Waals surface area contributed by atoms with Crippen LogP contribution in [-0.4, -0.2) is 23.2 Å². The number of carbonyl (C=O) groups is 1. The number of ether oxygens (including phenoxy) is 1. The molecule has 2 aromatic carbocycles. The standard InChI is InChI=1S/C18H16ClN3O3/c1-11-3-6-13(19)9-15(11)20-17(23)10-16-21-18(25-22-16)12-4-7-14(24-2)8-5-12/h3-9H,10H2,1-2H3,(H,20,23). The average molecular weight is 358 g/mol. The fraction of sp³-hybridized carbons (Fsp3) is 0.167. The summed E-state index contributed by atoms with van der Waals surface area (Å²) in [4.78, 5) is 16.4. The summed E-state index contributed by atoms with van der Waals surface area (Å²) >= 11 is 5.95. The number of nitrogens with one attached hydrogen (secondary N) is 1. The lowest BCUT2D eigenvalue weighted by molar-refractivity contribution is -0.115. The van der Waals surface area contributed by atoms with Crippen molar-refractivity contribution in [2.45, 2.75) is 13.3 Å². The minimum absolute atomic E-state index is 0.00556. The zero-order chi connectivity index (χ0) is 17.8. The lowest BCUT2D eigenvalue weighted by atomic mass is 10.2. The third-order valence-corrected chi connectivity index (χ3v) is 3.83. The van der Waals surface area contributed by atoms with E-state index >= 15 is 0 Å². The second-order valence-electron chi connectivity index (χ2n) is 5.43. The fourth-order valence-electron chi connectivity index (χ4n) is 2.24. The van der Waals surface area contributed by atoms with Gasteiger partial charge in [-0.2, -0.15) is 4.98 Å². The van der Waals surface area contributed by atoms with Gasteiger partial charge < -0.3 is 14.6 Å². The Kier molecular flexibility index (Phi) is 5.00. The molecule has 25 heavy (non-hydrogen) atoms. The smallest absolute Gasteiger partial charge is 0.257 e. The molecule has 0 spiro atoms. The first-order chi connectivity index (χ1) is 12.0. The van der Waals surface area contributed by atoms with Crippen LogP contribution in [0, 0.1) is 6.92 Å². The van der Waals surface area contributed by atoms with Gasteiger partial charge in [-0.25, -0.2) is 0 Å². The van der Waals surface area contributed by atoms with Gasteiger partial charge in [0.25, 0.3) is 5.89 Å². The van der Waals surface area contributed by atoms with Gasteiger partial charge in [-0.05, 0) is 48.9 Å². The second kappa shape index (κ2) is 7.36. The van der Waals surface area contributed by atoms with Crippen molar-refractivity contribution in [3.8, 4) is 17.2 Å². The highest BCUT2D eigenvalue weighted by atomic mass is 35.5. The van der Waals surface area contributed by atoms with Crippen LogP contribution in [0.4, 0.5) is 5.69 Å². The molecule has 3 aromatic rings. The molecular formula is C18H16ClN3O3. The predicted molar refractivity (Wildman–Crippen MR) is 94.8 cm³/mol. The molecule has 7 heteroatoms. The van der Waals surface area contributed by atoms with E-state index < -0.39 is 0 Å². The first kappa shape index (κ1) is 17.0. The average Bonchev–Trinajstić information content (AvgIpc) is 3.06. The van der Waals surface area contributed by atoms with Gasteiger partial charge in [0.15, 0.2) is 5.82 Å². The Bertz CT molecular complexity index is 891. The molecule has 3 rings (SSSR count). The maximum absolute atomic E-state index is 12.2. The maximum atomic E-state index is 12.2. The third-order valence-electron chi connectivity index (χ3n) is 3.60. The molecule has 1 heterocycles. The Morgan fingerprint density at radius 2 is 2.00 bits per heavy atom. The van der Waals surface area contributed by atoms with Crippen LogP contribution in [0.1, 0.15) is 11.4 Å². The van der Waals surface area contributed by atoms with Crippen LogP contribution in [0.3, 0.4) is 0 Å². The van der Waals surface area contributed by atoms with E-state index in [9.17, 15) is 4.79 Å². The summed E-state index contributed by atoms with van der Waals surface area (Å²) in [5.74, 6) is 1.15. The Hall–Kier alpha value is -2.86. The molecule has 0 aliphatic carbocycles. The molecule has 6 nitrogen and oxygen atoms in total. The number of nitrogens with zero attached hydrogens (tertiary/aromatic N) is 2. The number of hydrogen-bond donors (Lipinski definition) is 1. The minimum Gasteiger partial charge on any atom is -0.497 e. The fourth-order valence-corrected chi connectivity index (χ4v) is 2.42. The summed E-state index contributed by atoms with van der Waals surface area (Å²) in [6.45, 7) is 1.89. The van der Waals surface area contributed by atoms with E-state index in [2.05, 4.69) is 15.5 Å². The monoisotopic (exact) mass is 357 g/mol. The second-order valence-corrected chi connectivity index (χ2v) is 5.86. The number of hydrogen-bond acceptors (Lipinski definition) is 5. The number of rotatable bonds is 5. The number of aromatic nitrogens is 2. The number of amides is 1. The van der Waals surface area contributed by atoms with Crippen LogP contribution in [0.5, 0.6) is 5.75 Å². The number of benzene rings is 2. The first-order valence-electron chi connectivity index (χ1n) is 7.58. The van der Waals surface area contributed by atoms with Crippen LogP contribution in [-0.2, 0) is 11.2 Å². The Balaban J connectivity index is 1.68. The SMILES string of the molecule is COc1ccc(-c2nc(CC(=O)Nc3cc(Cl)ccc3C)no2)cc1. The molecule has 1 N–H and O–H groups in total. The normalized spacial score (nSPS) is 10.5. The molecule has 0 saturated heterocycles. The first-order valence-corrected chi connectivity index (χ1v) is 7.96. The Morgan fingerprint density at radius 3 is 2.72 bits per heavy atom. The minimum atomic E-state index is -0.243. The largest absolute Gasteiger partial charge is 0.497 e. The molecule has 0 fully saturated rings. The summed E-state index contributed by atoms with van der Waals surface area (Å²) in [6.07, 6.45) is 0.00556. The lowest BCUT2D eigenvalue weighted by Gasteiger charge is -2.07. The van der Waals surface area contributed by atoms with Gasteiger partial charge in [0, 0.05) is 16.3 Å². The van der Waals surface area contributed by atoms with Crippen molar-refractivity contribution in [2.75, 3.05) is 12.4 Å². The summed E-state index contributed by atoms with van der Waals surface area (Å²) in [5, 5.41) is 7.21. The van der Waals surface area contributed by atoms with E-state index in [4.69, 9.17) is 20.9 Å². The van der Waals surface area contributed by atoms with Gasteiger partial charge in [-0.1, -0.05) is 22.8 Å². The van der Waals surface area contributed by atoms with Crippen LogP contribution in [0.15, 0.2) is 47.0 Å². The van der Waals surface area contributed by atoms with Gasteiger partial charge >= 0.3 is 0 Å². The number of carbonyl (C=O) groups excluding carboxylic acids is 1. The quantitative estimate of drug-likeness (QED) is 0.749. The van der Waals surface area contributed by atoms with Crippen molar-refractivity contribution in [2.24, 2.45) is 0 Å². The molecule has 0 saturated carbocycles. The summed E-state index contributed by atoms with van der Waals surface area (Å²) in [7, 11) is 1.60. The molecular weight excluding hydrogens is 342 g/mol.